The predicted molar refractivity (Wildman–Crippen MR) is 120 cm³/mol. The standard InChI is InChI=1S/C22H17ClN4O3S/c23-20-6-3-17(12-19(20)21-11-15(13-24)7-8-25-21)26-22(28)16-1-4-18(5-2-16)27-14-30-9-10-31(27)29/h1-8,11-12H,9-10,14H2,(H,26,28). The molecule has 2 heterocycles. The molecular weight excluding hydrogens is 436 g/mol. The molecule has 9 heteroatoms. The number of nitriles is 1. The van der Waals surface area contributed by atoms with Crippen LogP contribution in [0.4, 0.5) is 11.4 Å². The van der Waals surface area contributed by atoms with Crippen LogP contribution in [0.1, 0.15) is 15.9 Å². The molecule has 1 unspecified atom stereocenters. The van der Waals surface area contributed by atoms with E-state index in [0.717, 1.165) is 5.69 Å². The number of benzene rings is 2. The fraction of sp³-hybridized carbons (Fsp3) is 0.136. The normalized spacial score (nSPS) is 15.9. The largest absolute Gasteiger partial charge is 0.359 e. The minimum absolute atomic E-state index is 0.257. The fourth-order valence-corrected chi connectivity index (χ4v) is 4.31. The number of nitrogens with zero attached hydrogens (tertiary/aromatic N) is 3. The number of hydrogen-bond donors (Lipinski definition) is 1. The van der Waals surface area contributed by atoms with E-state index < -0.39 is 11.0 Å². The van der Waals surface area contributed by atoms with Gasteiger partial charge in [0, 0.05) is 23.0 Å². The van der Waals surface area contributed by atoms with Crippen LogP contribution in [0.15, 0.2) is 60.8 Å². The Kier molecular flexibility index (Phi) is 6.28. The van der Waals surface area contributed by atoms with Crippen LogP contribution in [-0.2, 0) is 15.7 Å². The Morgan fingerprint density at radius 2 is 2.00 bits per heavy atom. The molecule has 7 nitrogen and oxygen atoms in total. The van der Waals surface area contributed by atoms with E-state index in [1.807, 2.05) is 0 Å². The number of halogens is 1. The first kappa shape index (κ1) is 21.0. The minimum Gasteiger partial charge on any atom is -0.359 e. The van der Waals surface area contributed by atoms with Crippen molar-refractivity contribution >= 4 is 39.9 Å². The van der Waals surface area contributed by atoms with E-state index >= 15 is 0 Å². The van der Waals surface area contributed by atoms with Gasteiger partial charge in [0.15, 0.2) is 0 Å². The monoisotopic (exact) mass is 452 g/mol. The molecule has 0 radical (unpaired) electrons. The van der Waals surface area contributed by atoms with Crippen molar-refractivity contribution in [2.45, 2.75) is 0 Å². The summed E-state index contributed by atoms with van der Waals surface area (Å²) in [6.07, 6.45) is 1.54. The van der Waals surface area contributed by atoms with Gasteiger partial charge < -0.3 is 10.1 Å². The van der Waals surface area contributed by atoms with Crippen molar-refractivity contribution < 1.29 is 13.7 Å². The third-order valence-electron chi connectivity index (χ3n) is 4.66. The Morgan fingerprint density at radius 3 is 2.74 bits per heavy atom. The number of aromatic nitrogens is 1. The molecule has 0 spiro atoms. The lowest BCUT2D eigenvalue weighted by Crippen LogP contribution is -2.36. The van der Waals surface area contributed by atoms with Crippen LogP contribution in [0.2, 0.25) is 5.02 Å². The molecular formula is C22H17ClN4O3S. The number of nitrogens with one attached hydrogen (secondary N) is 1. The van der Waals surface area contributed by atoms with Gasteiger partial charge in [-0.25, -0.2) is 4.21 Å². The Bertz CT molecular complexity index is 1190. The van der Waals surface area contributed by atoms with Gasteiger partial charge in [-0.1, -0.05) is 11.6 Å². The molecule has 1 N–H and O–H groups in total. The number of pyridine rings is 1. The summed E-state index contributed by atoms with van der Waals surface area (Å²) in [7, 11) is -1.13. The fourth-order valence-electron chi connectivity index (χ4n) is 3.07. The Hall–Kier alpha value is -3.25. The second kappa shape index (κ2) is 9.27. The summed E-state index contributed by atoms with van der Waals surface area (Å²) in [5, 5.41) is 12.4. The summed E-state index contributed by atoms with van der Waals surface area (Å²) < 4.78 is 19.1. The molecule has 1 fully saturated rings. The smallest absolute Gasteiger partial charge is 0.255 e. The first-order valence-electron chi connectivity index (χ1n) is 9.36. The zero-order chi connectivity index (χ0) is 21.8. The van der Waals surface area contributed by atoms with Crippen LogP contribution in [0, 0.1) is 11.3 Å². The molecule has 3 aromatic rings. The Morgan fingerprint density at radius 1 is 1.19 bits per heavy atom. The van der Waals surface area contributed by atoms with Crippen molar-refractivity contribution in [2.75, 3.05) is 28.7 Å². The first-order valence-corrected chi connectivity index (χ1v) is 11.0. The molecule has 1 saturated heterocycles. The van der Waals surface area contributed by atoms with Crippen LogP contribution >= 0.6 is 11.6 Å². The molecule has 156 valence electrons. The summed E-state index contributed by atoms with van der Waals surface area (Å²) >= 11 is 6.31. The second-order valence-corrected chi connectivity index (χ2v) is 8.58. The topological polar surface area (TPSA) is 95.3 Å². The molecule has 2 aromatic carbocycles. The SMILES string of the molecule is N#Cc1ccnc(-c2cc(NC(=O)c3ccc(N4COCCS4=O)cc3)ccc2Cl)c1. The summed E-state index contributed by atoms with van der Waals surface area (Å²) in [5.41, 5.74) is 3.35. The zero-order valence-corrected chi connectivity index (χ0v) is 17.8. The molecule has 1 atom stereocenters. The van der Waals surface area contributed by atoms with Gasteiger partial charge in [0.2, 0.25) is 0 Å². The number of carbonyl (C=O) groups excluding carboxylic acids is 1. The van der Waals surface area contributed by atoms with E-state index in [4.69, 9.17) is 21.6 Å². The van der Waals surface area contributed by atoms with Gasteiger partial charge >= 0.3 is 0 Å². The summed E-state index contributed by atoms with van der Waals surface area (Å²) in [5.74, 6) is 0.155. The van der Waals surface area contributed by atoms with E-state index in [0.29, 0.717) is 45.5 Å². The van der Waals surface area contributed by atoms with Crippen molar-refractivity contribution in [2.24, 2.45) is 0 Å². The first-order chi connectivity index (χ1) is 15.0. The molecule has 0 saturated carbocycles. The second-order valence-electron chi connectivity index (χ2n) is 6.68. The van der Waals surface area contributed by atoms with Crippen LogP contribution in [0.5, 0.6) is 0 Å². The molecule has 4 rings (SSSR count). The highest BCUT2D eigenvalue weighted by Gasteiger charge is 2.19. The van der Waals surface area contributed by atoms with Gasteiger partial charge in [-0.2, -0.15) is 5.26 Å². The van der Waals surface area contributed by atoms with Crippen molar-refractivity contribution in [3.8, 4) is 17.3 Å². The number of hydrogen-bond acceptors (Lipinski definition) is 5. The molecule has 1 aromatic heterocycles. The lowest BCUT2D eigenvalue weighted by Gasteiger charge is -2.27. The number of anilines is 2. The van der Waals surface area contributed by atoms with Gasteiger partial charge in [0.25, 0.3) is 5.91 Å². The summed E-state index contributed by atoms with van der Waals surface area (Å²) in [4.78, 5) is 17.0. The average Bonchev–Trinajstić information content (AvgIpc) is 2.81. The molecule has 1 amide bonds. The Labute approximate surface area is 186 Å². The van der Waals surface area contributed by atoms with Crippen molar-refractivity contribution in [1.82, 2.24) is 4.98 Å². The van der Waals surface area contributed by atoms with E-state index in [1.54, 1.807) is 58.9 Å². The quantitative estimate of drug-likeness (QED) is 0.645. The van der Waals surface area contributed by atoms with E-state index in [-0.39, 0.29) is 12.6 Å². The number of ether oxygens (including phenoxy) is 1. The van der Waals surface area contributed by atoms with Gasteiger partial charge in [-0.05, 0) is 54.6 Å². The molecule has 1 aliphatic rings. The highest BCUT2D eigenvalue weighted by atomic mass is 35.5. The average molecular weight is 453 g/mol. The van der Waals surface area contributed by atoms with Gasteiger partial charge in [0.1, 0.15) is 17.7 Å². The van der Waals surface area contributed by atoms with Gasteiger partial charge in [-0.3, -0.25) is 14.1 Å². The summed E-state index contributed by atoms with van der Waals surface area (Å²) in [6, 6.07) is 17.2. The summed E-state index contributed by atoms with van der Waals surface area (Å²) in [6.45, 7) is 0.732. The molecule has 0 aliphatic carbocycles. The van der Waals surface area contributed by atoms with Gasteiger partial charge in [0.05, 0.1) is 40.4 Å². The van der Waals surface area contributed by atoms with Crippen LogP contribution in [-0.4, -0.2) is 34.2 Å². The third kappa shape index (κ3) is 4.75. The van der Waals surface area contributed by atoms with E-state index in [1.165, 1.54) is 6.20 Å². The molecule has 0 bridgehead atoms. The van der Waals surface area contributed by atoms with Crippen LogP contribution in [0.3, 0.4) is 0 Å². The lowest BCUT2D eigenvalue weighted by atomic mass is 10.1. The predicted octanol–water partition coefficient (Wildman–Crippen LogP) is 3.98. The maximum Gasteiger partial charge on any atom is 0.255 e. The molecule has 31 heavy (non-hydrogen) atoms. The van der Waals surface area contributed by atoms with Gasteiger partial charge in [-0.15, -0.1) is 0 Å². The van der Waals surface area contributed by atoms with Crippen molar-refractivity contribution in [3.05, 3.63) is 76.9 Å². The number of rotatable bonds is 4. The number of carbonyl (C=O) groups is 1. The van der Waals surface area contributed by atoms with E-state index in [2.05, 4.69) is 16.4 Å². The zero-order valence-electron chi connectivity index (χ0n) is 16.2. The van der Waals surface area contributed by atoms with Crippen molar-refractivity contribution in [3.63, 3.8) is 0 Å². The highest BCUT2D eigenvalue weighted by molar-refractivity contribution is 7.86. The highest BCUT2D eigenvalue weighted by Crippen LogP contribution is 2.30. The van der Waals surface area contributed by atoms with Crippen LogP contribution in [0.25, 0.3) is 11.3 Å². The molecule has 1 aliphatic heterocycles. The maximum atomic E-state index is 12.7. The third-order valence-corrected chi connectivity index (χ3v) is 6.32. The Balaban J connectivity index is 1.52. The minimum atomic E-state index is -1.13. The van der Waals surface area contributed by atoms with Crippen molar-refractivity contribution in [1.29, 1.82) is 5.26 Å². The van der Waals surface area contributed by atoms with E-state index in [9.17, 15) is 9.00 Å². The lowest BCUT2D eigenvalue weighted by molar-refractivity contribution is 0.102. The number of amides is 1. The maximum absolute atomic E-state index is 12.7. The van der Waals surface area contributed by atoms with Crippen LogP contribution < -0.4 is 9.62 Å².